The number of imidazole rings is 1. The van der Waals surface area contributed by atoms with Crippen molar-refractivity contribution in [2.75, 3.05) is 6.26 Å². The Kier molecular flexibility index (Phi) is 3.60. The largest absolute Gasteiger partial charge is 0.419 e. The number of aromatic nitrogens is 2. The summed E-state index contributed by atoms with van der Waals surface area (Å²) in [6.07, 6.45) is -2.81. The highest BCUT2D eigenvalue weighted by atomic mass is 32.2. The van der Waals surface area contributed by atoms with Gasteiger partial charge in [-0.05, 0) is 41.6 Å². The van der Waals surface area contributed by atoms with Gasteiger partial charge in [0.15, 0.2) is 5.16 Å². The monoisotopic (exact) mass is 326 g/mol. The lowest BCUT2D eigenvalue weighted by Crippen LogP contribution is -2.07. The topological polar surface area (TPSA) is 28.7 Å². The van der Waals surface area contributed by atoms with Gasteiger partial charge in [0.1, 0.15) is 5.82 Å². The Morgan fingerprint density at radius 2 is 1.73 bits per heavy atom. The maximum Gasteiger partial charge on any atom is 0.419 e. The summed E-state index contributed by atoms with van der Waals surface area (Å²) in [4.78, 5) is 7.40. The molecular formula is C15H10F4N2S. The molecule has 114 valence electrons. The normalized spacial score (nSPS) is 12.0. The van der Waals surface area contributed by atoms with Gasteiger partial charge in [-0.15, -0.1) is 0 Å². The Hall–Kier alpha value is -2.02. The lowest BCUT2D eigenvalue weighted by molar-refractivity contribution is -0.139. The number of nitrogens with zero attached hydrogens (tertiary/aromatic N) is 1. The van der Waals surface area contributed by atoms with Crippen LogP contribution in [0.1, 0.15) is 5.56 Å². The van der Waals surface area contributed by atoms with Gasteiger partial charge < -0.3 is 4.98 Å². The van der Waals surface area contributed by atoms with Crippen LogP contribution in [0, 0.1) is 5.82 Å². The minimum atomic E-state index is -4.69. The predicted molar refractivity (Wildman–Crippen MR) is 78.3 cm³/mol. The molecule has 0 saturated heterocycles. The molecule has 0 fully saturated rings. The van der Waals surface area contributed by atoms with Gasteiger partial charge in [-0.25, -0.2) is 9.37 Å². The maximum absolute atomic E-state index is 13.7. The first-order chi connectivity index (χ1) is 10.4. The van der Waals surface area contributed by atoms with E-state index in [9.17, 15) is 17.6 Å². The number of aromatic amines is 1. The number of hydrogen-bond donors (Lipinski definition) is 1. The summed E-state index contributed by atoms with van der Waals surface area (Å²) in [6, 6.07) is 8.11. The molecule has 0 aliphatic heterocycles. The molecule has 0 spiro atoms. The van der Waals surface area contributed by atoms with Crippen LogP contribution in [0.25, 0.3) is 22.2 Å². The zero-order valence-electron chi connectivity index (χ0n) is 11.3. The molecule has 0 aliphatic carbocycles. The lowest BCUT2D eigenvalue weighted by atomic mass is 10.0. The summed E-state index contributed by atoms with van der Waals surface area (Å²) in [6.45, 7) is 0. The highest BCUT2D eigenvalue weighted by Crippen LogP contribution is 2.34. The van der Waals surface area contributed by atoms with Crippen LogP contribution in [-0.4, -0.2) is 16.2 Å². The molecule has 7 heteroatoms. The number of rotatable bonds is 2. The molecule has 1 aromatic heterocycles. The first-order valence-electron chi connectivity index (χ1n) is 6.29. The van der Waals surface area contributed by atoms with E-state index in [1.807, 2.05) is 6.26 Å². The minimum absolute atomic E-state index is 0.382. The Labute approximate surface area is 127 Å². The first kappa shape index (κ1) is 14.9. The van der Waals surface area contributed by atoms with Crippen molar-refractivity contribution < 1.29 is 17.6 Å². The van der Waals surface area contributed by atoms with Crippen molar-refractivity contribution in [2.45, 2.75) is 11.3 Å². The fourth-order valence-corrected chi connectivity index (χ4v) is 2.59. The number of benzene rings is 2. The Morgan fingerprint density at radius 3 is 2.36 bits per heavy atom. The number of halogens is 4. The van der Waals surface area contributed by atoms with E-state index in [-0.39, 0.29) is 0 Å². The molecular weight excluding hydrogens is 316 g/mol. The van der Waals surface area contributed by atoms with E-state index >= 15 is 0 Å². The molecule has 0 atom stereocenters. The average molecular weight is 326 g/mol. The lowest BCUT2D eigenvalue weighted by Gasteiger charge is -2.09. The second-order valence-corrected chi connectivity index (χ2v) is 5.47. The van der Waals surface area contributed by atoms with Crippen molar-refractivity contribution in [3.63, 3.8) is 0 Å². The van der Waals surface area contributed by atoms with Gasteiger partial charge in [0.25, 0.3) is 0 Å². The molecule has 0 amide bonds. The minimum Gasteiger partial charge on any atom is -0.333 e. The third-order valence-electron chi connectivity index (χ3n) is 3.26. The van der Waals surface area contributed by atoms with E-state index in [4.69, 9.17) is 0 Å². The molecule has 3 aromatic rings. The van der Waals surface area contributed by atoms with Crippen molar-refractivity contribution in [1.29, 1.82) is 0 Å². The molecule has 2 aromatic carbocycles. The van der Waals surface area contributed by atoms with Gasteiger partial charge in [0.2, 0.25) is 0 Å². The van der Waals surface area contributed by atoms with Gasteiger partial charge in [0.05, 0.1) is 16.6 Å². The van der Waals surface area contributed by atoms with E-state index in [0.717, 1.165) is 28.3 Å². The maximum atomic E-state index is 13.7. The highest BCUT2D eigenvalue weighted by molar-refractivity contribution is 7.98. The molecule has 3 rings (SSSR count). The van der Waals surface area contributed by atoms with Gasteiger partial charge in [-0.2, -0.15) is 13.2 Å². The summed E-state index contributed by atoms with van der Waals surface area (Å²) < 4.78 is 51.4. The van der Waals surface area contributed by atoms with Crippen molar-refractivity contribution in [2.24, 2.45) is 0 Å². The fraction of sp³-hybridized carbons (Fsp3) is 0.133. The number of fused-ring (bicyclic) bond motifs is 1. The zero-order valence-corrected chi connectivity index (χ0v) is 12.1. The Balaban J connectivity index is 2.05. The molecule has 0 aliphatic rings. The van der Waals surface area contributed by atoms with Gasteiger partial charge in [-0.3, -0.25) is 0 Å². The van der Waals surface area contributed by atoms with Crippen molar-refractivity contribution in [3.8, 4) is 11.1 Å². The molecule has 0 radical (unpaired) electrons. The van der Waals surface area contributed by atoms with E-state index in [1.165, 1.54) is 17.8 Å². The van der Waals surface area contributed by atoms with E-state index in [2.05, 4.69) is 9.97 Å². The zero-order chi connectivity index (χ0) is 15.9. The molecule has 2 nitrogen and oxygen atoms in total. The summed E-state index contributed by atoms with van der Waals surface area (Å²) >= 11 is 1.45. The summed E-state index contributed by atoms with van der Waals surface area (Å²) in [5, 5.41) is 0.741. The SMILES string of the molecule is CSc1nc2ccc(-c3ccc(C(F)(F)F)c(F)c3)cc2[nH]1. The van der Waals surface area contributed by atoms with Crippen LogP contribution in [0.4, 0.5) is 17.6 Å². The molecule has 0 bridgehead atoms. The Bertz CT molecular complexity index is 839. The van der Waals surface area contributed by atoms with Crippen LogP contribution in [0.5, 0.6) is 0 Å². The first-order valence-corrected chi connectivity index (χ1v) is 7.52. The van der Waals surface area contributed by atoms with Crippen LogP contribution in [0.3, 0.4) is 0 Å². The van der Waals surface area contributed by atoms with Gasteiger partial charge in [-0.1, -0.05) is 23.9 Å². The highest BCUT2D eigenvalue weighted by Gasteiger charge is 2.33. The smallest absolute Gasteiger partial charge is 0.333 e. The van der Waals surface area contributed by atoms with Crippen LogP contribution < -0.4 is 0 Å². The standard InChI is InChI=1S/C15H10F4N2S/c1-22-14-20-12-5-3-9(7-13(12)21-14)8-2-4-10(11(16)6-8)15(17,18)19/h2-7H,1H3,(H,20,21). The number of alkyl halides is 3. The van der Waals surface area contributed by atoms with Crippen molar-refractivity contribution in [3.05, 3.63) is 47.8 Å². The number of nitrogens with one attached hydrogen (secondary N) is 1. The van der Waals surface area contributed by atoms with Crippen molar-refractivity contribution >= 4 is 22.8 Å². The van der Waals surface area contributed by atoms with Crippen molar-refractivity contribution in [1.82, 2.24) is 9.97 Å². The second kappa shape index (κ2) is 5.31. The predicted octanol–water partition coefficient (Wildman–Crippen LogP) is 5.11. The van der Waals surface area contributed by atoms with Crippen LogP contribution in [0.15, 0.2) is 41.6 Å². The summed E-state index contributed by atoms with van der Waals surface area (Å²) in [7, 11) is 0. The quantitative estimate of drug-likeness (QED) is 0.524. The summed E-state index contributed by atoms with van der Waals surface area (Å²) in [5.74, 6) is -1.28. The van der Waals surface area contributed by atoms with E-state index < -0.39 is 17.6 Å². The van der Waals surface area contributed by atoms with Gasteiger partial charge in [0, 0.05) is 0 Å². The molecule has 22 heavy (non-hydrogen) atoms. The number of thioether (sulfide) groups is 1. The molecule has 1 heterocycles. The third kappa shape index (κ3) is 2.68. The molecule has 1 N–H and O–H groups in total. The number of H-pyrrole nitrogens is 1. The Morgan fingerprint density at radius 1 is 1.05 bits per heavy atom. The van der Waals surface area contributed by atoms with E-state index in [0.29, 0.717) is 11.1 Å². The summed E-state index contributed by atoms with van der Waals surface area (Å²) in [5.41, 5.74) is 1.25. The third-order valence-corrected chi connectivity index (χ3v) is 3.84. The van der Waals surface area contributed by atoms with Gasteiger partial charge >= 0.3 is 6.18 Å². The second-order valence-electron chi connectivity index (χ2n) is 4.67. The molecule has 0 unspecified atom stereocenters. The van der Waals surface area contributed by atoms with Crippen LogP contribution in [-0.2, 0) is 6.18 Å². The average Bonchev–Trinajstić information content (AvgIpc) is 2.87. The molecule has 0 saturated carbocycles. The number of hydrogen-bond acceptors (Lipinski definition) is 2. The fourth-order valence-electron chi connectivity index (χ4n) is 2.19. The van der Waals surface area contributed by atoms with Crippen LogP contribution in [0.2, 0.25) is 0 Å². The van der Waals surface area contributed by atoms with Crippen LogP contribution >= 0.6 is 11.8 Å². The van der Waals surface area contributed by atoms with E-state index in [1.54, 1.807) is 18.2 Å².